The van der Waals surface area contributed by atoms with E-state index in [0.29, 0.717) is 25.7 Å². The fourth-order valence-corrected chi connectivity index (χ4v) is 3.32. The Balaban J connectivity index is 2.02. The molecule has 0 aromatic carbocycles. The van der Waals surface area contributed by atoms with Crippen molar-refractivity contribution in [3.63, 3.8) is 0 Å². The summed E-state index contributed by atoms with van der Waals surface area (Å²) in [7, 11) is 1.92. The van der Waals surface area contributed by atoms with Crippen LogP contribution in [0, 0.1) is 11.3 Å². The molecule has 5 nitrogen and oxygen atoms in total. The maximum atomic E-state index is 12.2. The number of carbonyl (C=O) groups excluding carboxylic acids is 1. The summed E-state index contributed by atoms with van der Waals surface area (Å²) in [5.41, 5.74) is -0.661. The summed E-state index contributed by atoms with van der Waals surface area (Å²) >= 11 is 0. The molecule has 5 heteroatoms. The molecule has 2 rings (SSSR count). The number of likely N-dealkylation sites (N-methyl/N-ethyl adjacent to an activating group) is 1. The molecule has 2 atom stereocenters. The normalized spacial score (nSPS) is 30.2. The maximum Gasteiger partial charge on any atom is 0.311 e. The van der Waals surface area contributed by atoms with E-state index >= 15 is 0 Å². The van der Waals surface area contributed by atoms with E-state index in [1.807, 2.05) is 25.8 Å². The number of hydrogen-bond donors (Lipinski definition) is 1. The molecule has 1 aliphatic heterocycles. The van der Waals surface area contributed by atoms with Gasteiger partial charge >= 0.3 is 5.97 Å². The molecular weight excluding hydrogens is 244 g/mol. The minimum atomic E-state index is -0.720. The molecule has 0 aromatic rings. The molecule has 0 bridgehead atoms. The van der Waals surface area contributed by atoms with Crippen LogP contribution < -0.4 is 0 Å². The molecular formula is C14H24N2O3. The van der Waals surface area contributed by atoms with Gasteiger partial charge < -0.3 is 10.0 Å². The SMILES string of the molecule is CC(C)N(C)CC(=O)N1C[C@@H]2CCC[C@@]2(C(=O)O)C1. The maximum absolute atomic E-state index is 12.2. The molecule has 19 heavy (non-hydrogen) atoms. The molecule has 0 aromatic heterocycles. The summed E-state index contributed by atoms with van der Waals surface area (Å²) in [5, 5.41) is 9.50. The highest BCUT2D eigenvalue weighted by atomic mass is 16.4. The summed E-state index contributed by atoms with van der Waals surface area (Å²) in [5.74, 6) is -0.507. The number of carbonyl (C=O) groups is 2. The van der Waals surface area contributed by atoms with Crippen molar-refractivity contribution in [2.24, 2.45) is 11.3 Å². The first-order chi connectivity index (χ1) is 8.86. The molecule has 1 saturated heterocycles. The molecule has 0 unspecified atom stereocenters. The Kier molecular flexibility index (Phi) is 3.85. The number of amides is 1. The smallest absolute Gasteiger partial charge is 0.311 e. The van der Waals surface area contributed by atoms with E-state index in [1.165, 1.54) is 0 Å². The number of rotatable bonds is 4. The van der Waals surface area contributed by atoms with Gasteiger partial charge in [-0.1, -0.05) is 6.42 Å². The van der Waals surface area contributed by atoms with E-state index in [-0.39, 0.29) is 11.8 Å². The molecule has 0 spiro atoms. The fourth-order valence-electron chi connectivity index (χ4n) is 3.32. The van der Waals surface area contributed by atoms with Crippen LogP contribution in [-0.2, 0) is 9.59 Å². The number of hydrogen-bond acceptors (Lipinski definition) is 3. The third kappa shape index (κ3) is 2.48. The molecule has 1 N–H and O–H groups in total. The van der Waals surface area contributed by atoms with Gasteiger partial charge in [-0.05, 0) is 39.7 Å². The van der Waals surface area contributed by atoms with Gasteiger partial charge in [0.15, 0.2) is 0 Å². The van der Waals surface area contributed by atoms with Gasteiger partial charge in [-0.15, -0.1) is 0 Å². The molecule has 108 valence electrons. The predicted octanol–water partition coefficient (Wildman–Crippen LogP) is 1.04. The highest BCUT2D eigenvalue weighted by Crippen LogP contribution is 2.48. The first kappa shape index (κ1) is 14.3. The highest BCUT2D eigenvalue weighted by molar-refractivity contribution is 5.82. The number of aliphatic carboxylic acids is 1. The summed E-state index contributed by atoms with van der Waals surface area (Å²) < 4.78 is 0. The lowest BCUT2D eigenvalue weighted by Crippen LogP contribution is -2.42. The largest absolute Gasteiger partial charge is 0.481 e. The van der Waals surface area contributed by atoms with Gasteiger partial charge in [0, 0.05) is 19.1 Å². The molecule has 1 amide bonds. The summed E-state index contributed by atoms with van der Waals surface area (Å²) in [6, 6.07) is 0.319. The first-order valence-electron chi connectivity index (χ1n) is 7.08. The van der Waals surface area contributed by atoms with E-state index in [1.54, 1.807) is 4.90 Å². The van der Waals surface area contributed by atoms with Crippen molar-refractivity contribution in [2.45, 2.75) is 39.2 Å². The van der Waals surface area contributed by atoms with Crippen LogP contribution in [0.25, 0.3) is 0 Å². The van der Waals surface area contributed by atoms with Gasteiger partial charge in [-0.3, -0.25) is 14.5 Å². The van der Waals surface area contributed by atoms with Gasteiger partial charge in [0.2, 0.25) is 5.91 Å². The van der Waals surface area contributed by atoms with E-state index in [9.17, 15) is 14.7 Å². The number of carboxylic acids is 1. The molecule has 2 fully saturated rings. The zero-order valence-electron chi connectivity index (χ0n) is 12.1. The number of likely N-dealkylation sites (tertiary alicyclic amines) is 1. The van der Waals surface area contributed by atoms with Crippen LogP contribution in [0.5, 0.6) is 0 Å². The van der Waals surface area contributed by atoms with Gasteiger partial charge in [-0.2, -0.15) is 0 Å². The molecule has 0 radical (unpaired) electrons. The Bertz CT molecular complexity index is 383. The minimum absolute atomic E-state index is 0.0613. The molecule has 1 aliphatic carbocycles. The lowest BCUT2D eigenvalue weighted by Gasteiger charge is -2.26. The minimum Gasteiger partial charge on any atom is -0.481 e. The third-order valence-corrected chi connectivity index (χ3v) is 4.92. The van der Waals surface area contributed by atoms with Crippen molar-refractivity contribution in [1.29, 1.82) is 0 Å². The van der Waals surface area contributed by atoms with Crippen molar-refractivity contribution in [2.75, 3.05) is 26.7 Å². The van der Waals surface area contributed by atoms with Crippen LogP contribution in [0.3, 0.4) is 0 Å². The van der Waals surface area contributed by atoms with E-state index in [0.717, 1.165) is 19.3 Å². The van der Waals surface area contributed by atoms with Crippen molar-refractivity contribution < 1.29 is 14.7 Å². The highest BCUT2D eigenvalue weighted by Gasteiger charge is 2.55. The third-order valence-electron chi connectivity index (χ3n) is 4.92. The standard InChI is InChI=1S/C14H24N2O3/c1-10(2)15(3)8-12(17)16-7-11-5-4-6-14(11,9-16)13(18)19/h10-11H,4-9H2,1-3H3,(H,18,19)/t11-,14+/m0/s1. The average molecular weight is 268 g/mol. The van der Waals surface area contributed by atoms with E-state index in [2.05, 4.69) is 0 Å². The fraction of sp³-hybridized carbons (Fsp3) is 0.857. The number of carboxylic acid groups (broad SMARTS) is 1. The summed E-state index contributed by atoms with van der Waals surface area (Å²) in [6.07, 6.45) is 2.64. The van der Waals surface area contributed by atoms with Crippen molar-refractivity contribution in [1.82, 2.24) is 9.80 Å². The molecule has 1 heterocycles. The summed E-state index contributed by atoms with van der Waals surface area (Å²) in [4.78, 5) is 27.6. The van der Waals surface area contributed by atoms with Crippen LogP contribution in [0.4, 0.5) is 0 Å². The van der Waals surface area contributed by atoms with E-state index < -0.39 is 11.4 Å². The second kappa shape index (κ2) is 5.12. The Hall–Kier alpha value is -1.10. The van der Waals surface area contributed by atoms with Gasteiger partial charge in [0.25, 0.3) is 0 Å². The van der Waals surface area contributed by atoms with Gasteiger partial charge in [0.05, 0.1) is 12.0 Å². The zero-order valence-corrected chi connectivity index (χ0v) is 12.1. The van der Waals surface area contributed by atoms with Crippen LogP contribution >= 0.6 is 0 Å². The quantitative estimate of drug-likeness (QED) is 0.827. The Morgan fingerprint density at radius 3 is 2.68 bits per heavy atom. The lowest BCUT2D eigenvalue weighted by atomic mass is 9.81. The number of fused-ring (bicyclic) bond motifs is 1. The van der Waals surface area contributed by atoms with Crippen molar-refractivity contribution in [3.8, 4) is 0 Å². The first-order valence-corrected chi connectivity index (χ1v) is 7.08. The van der Waals surface area contributed by atoms with Crippen LogP contribution in [0.1, 0.15) is 33.1 Å². The molecule has 2 aliphatic rings. The second-order valence-electron chi connectivity index (χ2n) is 6.33. The predicted molar refractivity (Wildman–Crippen MR) is 71.8 cm³/mol. The second-order valence-corrected chi connectivity index (χ2v) is 6.33. The Labute approximate surface area is 114 Å². The lowest BCUT2D eigenvalue weighted by molar-refractivity contribution is -0.149. The molecule has 1 saturated carbocycles. The summed E-state index contributed by atoms with van der Waals surface area (Å²) in [6.45, 7) is 5.49. The zero-order chi connectivity index (χ0) is 14.2. The topological polar surface area (TPSA) is 60.9 Å². The van der Waals surface area contributed by atoms with Crippen molar-refractivity contribution >= 4 is 11.9 Å². The number of nitrogens with zero attached hydrogens (tertiary/aromatic N) is 2. The Morgan fingerprint density at radius 1 is 1.47 bits per heavy atom. The monoisotopic (exact) mass is 268 g/mol. The van der Waals surface area contributed by atoms with Crippen LogP contribution in [0.2, 0.25) is 0 Å². The van der Waals surface area contributed by atoms with Gasteiger partial charge in [0.1, 0.15) is 0 Å². The van der Waals surface area contributed by atoms with E-state index in [4.69, 9.17) is 0 Å². The van der Waals surface area contributed by atoms with Crippen LogP contribution in [0.15, 0.2) is 0 Å². The Morgan fingerprint density at radius 2 is 2.16 bits per heavy atom. The van der Waals surface area contributed by atoms with Gasteiger partial charge in [-0.25, -0.2) is 0 Å². The average Bonchev–Trinajstić information content (AvgIpc) is 2.85. The van der Waals surface area contributed by atoms with Crippen molar-refractivity contribution in [3.05, 3.63) is 0 Å². The van der Waals surface area contributed by atoms with Crippen LogP contribution in [-0.4, -0.2) is 59.5 Å².